The minimum absolute atomic E-state index is 0. The number of hydrogen-bond donors (Lipinski definition) is 3. The van der Waals surface area contributed by atoms with E-state index >= 15 is 0 Å². The lowest BCUT2D eigenvalue weighted by Crippen LogP contribution is -2.31. The van der Waals surface area contributed by atoms with Crippen LogP contribution >= 0.6 is 35.6 Å². The van der Waals surface area contributed by atoms with E-state index in [9.17, 15) is 5.11 Å². The lowest BCUT2D eigenvalue weighted by Gasteiger charge is -2.15. The van der Waals surface area contributed by atoms with Crippen LogP contribution in [0.25, 0.3) is 0 Å². The lowest BCUT2D eigenvalue weighted by atomic mass is 10.1. The molecule has 8 heteroatoms. The summed E-state index contributed by atoms with van der Waals surface area (Å²) in [7, 11) is 3.18. The Kier molecular flexibility index (Phi) is 10.3. The van der Waals surface area contributed by atoms with Gasteiger partial charge in [-0.15, -0.1) is 24.0 Å². The Labute approximate surface area is 182 Å². The number of anilines is 1. The number of guanidine groups is 1. The predicted octanol–water partition coefficient (Wildman–Crippen LogP) is 4.09. The fourth-order valence-corrected chi connectivity index (χ4v) is 2.45. The minimum Gasteiger partial charge on any atom is -0.493 e. The number of rotatable bonds is 7. The molecule has 2 aromatic rings. The molecule has 1 atom stereocenters. The van der Waals surface area contributed by atoms with Gasteiger partial charge in [-0.3, -0.25) is 0 Å². The Hall–Kier alpha value is -1.71. The number of ether oxygens (including phenoxy) is 2. The maximum absolute atomic E-state index is 10.3. The van der Waals surface area contributed by atoms with E-state index in [4.69, 9.17) is 21.1 Å². The Morgan fingerprint density at radius 3 is 2.37 bits per heavy atom. The standard InChI is InChI=1S/C19H24ClN3O3.HI/c1-4-21-19(22-12-16(24)13-5-7-14(20)8-6-13)23-15-9-10-17(25-2)18(11-15)26-3;/h5-11,16,24H,4,12H2,1-3H3,(H2,21,22,23);1H. The van der Waals surface area contributed by atoms with Gasteiger partial charge in [-0.2, -0.15) is 0 Å². The van der Waals surface area contributed by atoms with Crippen LogP contribution < -0.4 is 20.1 Å². The largest absolute Gasteiger partial charge is 0.493 e. The van der Waals surface area contributed by atoms with E-state index in [2.05, 4.69) is 15.6 Å². The van der Waals surface area contributed by atoms with Gasteiger partial charge >= 0.3 is 0 Å². The van der Waals surface area contributed by atoms with Crippen molar-refractivity contribution in [3.05, 3.63) is 53.1 Å². The van der Waals surface area contributed by atoms with Crippen LogP contribution in [0.5, 0.6) is 11.5 Å². The molecule has 0 aliphatic carbocycles. The molecule has 6 nitrogen and oxygen atoms in total. The summed E-state index contributed by atoms with van der Waals surface area (Å²) in [5, 5.41) is 17.3. The number of halogens is 2. The van der Waals surface area contributed by atoms with Crippen LogP contribution in [0, 0.1) is 0 Å². The Balaban J connectivity index is 0.00000364. The summed E-state index contributed by atoms with van der Waals surface area (Å²) in [6.45, 7) is 2.88. The topological polar surface area (TPSA) is 75.1 Å². The molecule has 2 rings (SSSR count). The summed E-state index contributed by atoms with van der Waals surface area (Å²) < 4.78 is 10.5. The molecule has 148 valence electrons. The minimum atomic E-state index is -0.715. The third-order valence-electron chi connectivity index (χ3n) is 3.67. The van der Waals surface area contributed by atoms with Crippen molar-refractivity contribution in [1.82, 2.24) is 5.32 Å². The van der Waals surface area contributed by atoms with Gasteiger partial charge in [0.25, 0.3) is 0 Å². The second-order valence-electron chi connectivity index (χ2n) is 5.48. The zero-order chi connectivity index (χ0) is 18.9. The van der Waals surface area contributed by atoms with Gasteiger partial charge in [0.05, 0.1) is 26.9 Å². The second-order valence-corrected chi connectivity index (χ2v) is 5.92. The van der Waals surface area contributed by atoms with Gasteiger partial charge in [0, 0.05) is 23.3 Å². The molecule has 0 fully saturated rings. The molecule has 0 heterocycles. The van der Waals surface area contributed by atoms with Crippen LogP contribution in [0.3, 0.4) is 0 Å². The van der Waals surface area contributed by atoms with Crippen LogP contribution in [-0.2, 0) is 0 Å². The van der Waals surface area contributed by atoms with Gasteiger partial charge in [-0.05, 0) is 36.8 Å². The molecule has 0 amide bonds. The van der Waals surface area contributed by atoms with Crippen LogP contribution in [0.15, 0.2) is 47.5 Å². The van der Waals surface area contributed by atoms with Crippen molar-refractivity contribution in [2.75, 3.05) is 32.6 Å². The molecule has 0 saturated heterocycles. The number of aliphatic imine (C=N–C) groups is 1. The highest BCUT2D eigenvalue weighted by atomic mass is 127. The molecule has 0 saturated carbocycles. The van der Waals surface area contributed by atoms with Gasteiger partial charge in [-0.1, -0.05) is 23.7 Å². The Morgan fingerprint density at radius 1 is 1.11 bits per heavy atom. The molecule has 3 N–H and O–H groups in total. The number of nitrogens with one attached hydrogen (secondary N) is 2. The number of aliphatic hydroxyl groups excluding tert-OH is 1. The van der Waals surface area contributed by atoms with Gasteiger partial charge in [0.2, 0.25) is 0 Å². The molecule has 0 aliphatic rings. The third-order valence-corrected chi connectivity index (χ3v) is 3.92. The van der Waals surface area contributed by atoms with Crippen molar-refractivity contribution in [1.29, 1.82) is 0 Å². The Bertz CT molecular complexity index is 741. The molecular weight excluding hydrogens is 481 g/mol. The van der Waals surface area contributed by atoms with Crippen LogP contribution in [0.1, 0.15) is 18.6 Å². The van der Waals surface area contributed by atoms with E-state index in [0.717, 1.165) is 11.3 Å². The van der Waals surface area contributed by atoms with Gasteiger partial charge in [0.1, 0.15) is 0 Å². The van der Waals surface area contributed by atoms with Gasteiger partial charge in [0.15, 0.2) is 17.5 Å². The van der Waals surface area contributed by atoms with Gasteiger partial charge < -0.3 is 25.2 Å². The highest BCUT2D eigenvalue weighted by Gasteiger charge is 2.09. The number of benzene rings is 2. The molecule has 0 aromatic heterocycles. The fourth-order valence-electron chi connectivity index (χ4n) is 2.33. The van der Waals surface area contributed by atoms with E-state index in [0.29, 0.717) is 29.0 Å². The monoisotopic (exact) mass is 505 g/mol. The molecule has 0 spiro atoms. The SMILES string of the molecule is CCNC(=NCC(O)c1ccc(Cl)cc1)Nc1ccc(OC)c(OC)c1.I. The molecule has 2 aromatic carbocycles. The van der Waals surface area contributed by atoms with E-state index < -0.39 is 6.10 Å². The maximum Gasteiger partial charge on any atom is 0.195 e. The first-order valence-corrected chi connectivity index (χ1v) is 8.66. The number of methoxy groups -OCH3 is 2. The summed E-state index contributed by atoms with van der Waals surface area (Å²) in [6, 6.07) is 12.6. The molecular formula is C19H25ClIN3O3. The average molecular weight is 506 g/mol. The second kappa shape index (κ2) is 11.9. The van der Waals surface area contributed by atoms with E-state index in [-0.39, 0.29) is 30.5 Å². The molecule has 0 bridgehead atoms. The zero-order valence-corrected chi connectivity index (χ0v) is 18.6. The third kappa shape index (κ3) is 7.08. The van der Waals surface area contributed by atoms with Crippen molar-refractivity contribution in [3.8, 4) is 11.5 Å². The zero-order valence-electron chi connectivity index (χ0n) is 15.5. The highest BCUT2D eigenvalue weighted by molar-refractivity contribution is 14.0. The van der Waals surface area contributed by atoms with Crippen molar-refractivity contribution in [2.24, 2.45) is 4.99 Å². The van der Waals surface area contributed by atoms with Crippen molar-refractivity contribution < 1.29 is 14.6 Å². The quantitative estimate of drug-likeness (QED) is 0.300. The van der Waals surface area contributed by atoms with Crippen molar-refractivity contribution >= 4 is 47.2 Å². The first-order valence-electron chi connectivity index (χ1n) is 8.28. The summed E-state index contributed by atoms with van der Waals surface area (Å²) >= 11 is 5.87. The van der Waals surface area contributed by atoms with Crippen molar-refractivity contribution in [2.45, 2.75) is 13.0 Å². The summed E-state index contributed by atoms with van der Waals surface area (Å²) in [5.74, 6) is 1.83. The van der Waals surface area contributed by atoms with E-state index in [1.165, 1.54) is 0 Å². The van der Waals surface area contributed by atoms with Crippen LogP contribution in [0.2, 0.25) is 5.02 Å². The smallest absolute Gasteiger partial charge is 0.195 e. The summed E-state index contributed by atoms with van der Waals surface area (Å²) in [5.41, 5.74) is 1.56. The fraction of sp³-hybridized carbons (Fsp3) is 0.316. The lowest BCUT2D eigenvalue weighted by molar-refractivity contribution is 0.187. The number of nitrogens with zero attached hydrogens (tertiary/aromatic N) is 1. The van der Waals surface area contributed by atoms with E-state index in [1.807, 2.05) is 25.1 Å². The van der Waals surface area contributed by atoms with Gasteiger partial charge in [-0.25, -0.2) is 4.99 Å². The predicted molar refractivity (Wildman–Crippen MR) is 121 cm³/mol. The van der Waals surface area contributed by atoms with Crippen LogP contribution in [-0.4, -0.2) is 38.4 Å². The molecule has 0 radical (unpaired) electrons. The van der Waals surface area contributed by atoms with Crippen LogP contribution in [0.4, 0.5) is 5.69 Å². The highest BCUT2D eigenvalue weighted by Crippen LogP contribution is 2.29. The average Bonchev–Trinajstić information content (AvgIpc) is 2.66. The normalized spacial score (nSPS) is 12.0. The first-order chi connectivity index (χ1) is 12.6. The molecule has 0 aliphatic heterocycles. The number of aliphatic hydroxyl groups is 1. The first kappa shape index (κ1) is 23.3. The number of hydrogen-bond acceptors (Lipinski definition) is 4. The van der Waals surface area contributed by atoms with Crippen molar-refractivity contribution in [3.63, 3.8) is 0 Å². The molecule has 27 heavy (non-hydrogen) atoms. The van der Waals surface area contributed by atoms with E-state index in [1.54, 1.807) is 38.5 Å². The maximum atomic E-state index is 10.3. The molecule has 1 unspecified atom stereocenters. The Morgan fingerprint density at radius 2 is 1.78 bits per heavy atom. The summed E-state index contributed by atoms with van der Waals surface area (Å²) in [4.78, 5) is 4.44. The summed E-state index contributed by atoms with van der Waals surface area (Å²) in [6.07, 6.45) is -0.715.